The molecule has 0 aliphatic carbocycles. The topological polar surface area (TPSA) is 57.6 Å². The number of hydrogen-bond acceptors (Lipinski definition) is 4. The predicted octanol–water partition coefficient (Wildman–Crippen LogP) is 1.30. The fraction of sp³-hybridized carbons (Fsp3) is 0.538. The largest absolute Gasteiger partial charge is 0.393 e. The summed E-state index contributed by atoms with van der Waals surface area (Å²) >= 11 is 0. The van der Waals surface area contributed by atoms with Crippen LogP contribution in [0.5, 0.6) is 0 Å². The van der Waals surface area contributed by atoms with Crippen LogP contribution in [0.25, 0.3) is 0 Å². The van der Waals surface area contributed by atoms with E-state index in [1.807, 2.05) is 19.1 Å². The third kappa shape index (κ3) is 2.84. The minimum absolute atomic E-state index is 0.225. The van der Waals surface area contributed by atoms with E-state index in [-0.39, 0.29) is 12.0 Å². The highest BCUT2D eigenvalue weighted by Crippen LogP contribution is 2.24. The maximum atomic E-state index is 11.4. The van der Waals surface area contributed by atoms with E-state index in [0.717, 1.165) is 25.2 Å². The fourth-order valence-corrected chi connectivity index (χ4v) is 2.90. The molecule has 0 bridgehead atoms. The lowest BCUT2D eigenvalue weighted by Gasteiger charge is -2.36. The quantitative estimate of drug-likeness (QED) is 0.879. The summed E-state index contributed by atoms with van der Waals surface area (Å²) in [6, 6.07) is 6.95. The number of benzene rings is 1. The first-order chi connectivity index (χ1) is 8.38. The molecule has 0 aromatic heterocycles. The first-order valence-electron chi connectivity index (χ1n) is 6.11. The van der Waals surface area contributed by atoms with Crippen molar-refractivity contribution < 1.29 is 13.5 Å². The second kappa shape index (κ2) is 4.90. The van der Waals surface area contributed by atoms with Gasteiger partial charge in [0.15, 0.2) is 9.84 Å². The molecule has 1 heterocycles. The Morgan fingerprint density at radius 2 is 1.89 bits per heavy atom. The summed E-state index contributed by atoms with van der Waals surface area (Å²) in [6.07, 6.45) is 1.74. The van der Waals surface area contributed by atoms with E-state index in [1.165, 1.54) is 6.26 Å². The monoisotopic (exact) mass is 269 g/mol. The summed E-state index contributed by atoms with van der Waals surface area (Å²) in [4.78, 5) is 2.53. The summed E-state index contributed by atoms with van der Waals surface area (Å²) in [5, 5.41) is 9.69. The molecule has 1 saturated heterocycles. The van der Waals surface area contributed by atoms with Gasteiger partial charge in [0, 0.05) is 25.0 Å². The molecule has 2 rings (SSSR count). The zero-order valence-corrected chi connectivity index (χ0v) is 11.5. The minimum atomic E-state index is -3.13. The Morgan fingerprint density at radius 1 is 1.28 bits per heavy atom. The molecule has 1 aromatic carbocycles. The summed E-state index contributed by atoms with van der Waals surface area (Å²) < 4.78 is 22.7. The Hall–Kier alpha value is -1.07. The van der Waals surface area contributed by atoms with Gasteiger partial charge in [0.05, 0.1) is 11.0 Å². The highest BCUT2D eigenvalue weighted by atomic mass is 32.2. The molecule has 5 heteroatoms. The number of nitrogens with zero attached hydrogens (tertiary/aromatic N) is 1. The predicted molar refractivity (Wildman–Crippen MR) is 71.6 cm³/mol. The number of rotatable bonds is 2. The molecule has 1 aromatic rings. The van der Waals surface area contributed by atoms with E-state index in [2.05, 4.69) is 4.90 Å². The van der Waals surface area contributed by atoms with Crippen molar-refractivity contribution in [2.24, 2.45) is 5.92 Å². The van der Waals surface area contributed by atoms with Gasteiger partial charge in [-0.25, -0.2) is 8.42 Å². The number of anilines is 1. The van der Waals surface area contributed by atoms with Gasteiger partial charge in [0.2, 0.25) is 0 Å². The van der Waals surface area contributed by atoms with Crippen LogP contribution in [0, 0.1) is 5.92 Å². The van der Waals surface area contributed by atoms with Crippen LogP contribution in [-0.2, 0) is 9.84 Å². The molecule has 0 saturated carbocycles. The Kier molecular flexibility index (Phi) is 3.64. The van der Waals surface area contributed by atoms with Crippen molar-refractivity contribution >= 4 is 15.5 Å². The van der Waals surface area contributed by atoms with Gasteiger partial charge >= 0.3 is 0 Å². The van der Waals surface area contributed by atoms with Crippen molar-refractivity contribution in [3.05, 3.63) is 24.3 Å². The molecule has 0 amide bonds. The van der Waals surface area contributed by atoms with Gasteiger partial charge in [0.25, 0.3) is 0 Å². The Bertz CT molecular complexity index is 510. The van der Waals surface area contributed by atoms with Crippen LogP contribution in [0.1, 0.15) is 13.3 Å². The van der Waals surface area contributed by atoms with Gasteiger partial charge in [-0.05, 0) is 36.6 Å². The van der Waals surface area contributed by atoms with E-state index in [0.29, 0.717) is 4.90 Å². The van der Waals surface area contributed by atoms with Gasteiger partial charge in [-0.3, -0.25) is 0 Å². The molecule has 0 radical (unpaired) electrons. The van der Waals surface area contributed by atoms with Crippen molar-refractivity contribution in [3.8, 4) is 0 Å². The van der Waals surface area contributed by atoms with Crippen LogP contribution in [0.4, 0.5) is 5.69 Å². The molecular weight excluding hydrogens is 250 g/mol. The smallest absolute Gasteiger partial charge is 0.175 e. The van der Waals surface area contributed by atoms with Crippen LogP contribution in [0.3, 0.4) is 0 Å². The lowest BCUT2D eigenvalue weighted by Crippen LogP contribution is -2.41. The van der Waals surface area contributed by atoms with E-state index < -0.39 is 9.84 Å². The number of hydrogen-bond donors (Lipinski definition) is 1. The molecule has 2 unspecified atom stereocenters. The van der Waals surface area contributed by atoms with Gasteiger partial charge in [0.1, 0.15) is 0 Å². The molecule has 18 heavy (non-hydrogen) atoms. The van der Waals surface area contributed by atoms with Crippen LogP contribution < -0.4 is 4.90 Å². The van der Waals surface area contributed by atoms with Crippen molar-refractivity contribution in [3.63, 3.8) is 0 Å². The summed E-state index contributed by atoms with van der Waals surface area (Å²) in [6.45, 7) is 3.64. The zero-order valence-electron chi connectivity index (χ0n) is 10.7. The summed E-state index contributed by atoms with van der Waals surface area (Å²) in [5.41, 5.74) is 1.01. The van der Waals surface area contributed by atoms with E-state index >= 15 is 0 Å². The van der Waals surface area contributed by atoms with Gasteiger partial charge in [-0.2, -0.15) is 0 Å². The normalized spacial score (nSPS) is 25.2. The highest BCUT2D eigenvalue weighted by Gasteiger charge is 2.24. The molecule has 2 atom stereocenters. The van der Waals surface area contributed by atoms with Crippen LogP contribution in [0.15, 0.2) is 29.2 Å². The molecule has 1 aliphatic rings. The Balaban J connectivity index is 2.16. The second-order valence-corrected chi connectivity index (χ2v) is 7.06. The maximum absolute atomic E-state index is 11.4. The molecule has 1 N–H and O–H groups in total. The molecule has 4 nitrogen and oxygen atoms in total. The maximum Gasteiger partial charge on any atom is 0.175 e. The molecule has 100 valence electrons. The van der Waals surface area contributed by atoms with Crippen LogP contribution in [0.2, 0.25) is 0 Å². The van der Waals surface area contributed by atoms with Crippen molar-refractivity contribution in [1.29, 1.82) is 0 Å². The number of aliphatic hydroxyl groups excluding tert-OH is 1. The third-order valence-electron chi connectivity index (χ3n) is 3.49. The van der Waals surface area contributed by atoms with Crippen molar-refractivity contribution in [2.75, 3.05) is 24.2 Å². The third-order valence-corrected chi connectivity index (χ3v) is 4.62. The fourth-order valence-electron chi connectivity index (χ4n) is 2.27. The minimum Gasteiger partial charge on any atom is -0.393 e. The second-order valence-electron chi connectivity index (χ2n) is 5.05. The average molecular weight is 269 g/mol. The average Bonchev–Trinajstić information content (AvgIpc) is 2.32. The van der Waals surface area contributed by atoms with E-state index in [9.17, 15) is 13.5 Å². The number of piperidine rings is 1. The first kappa shape index (κ1) is 13.4. The molecule has 1 aliphatic heterocycles. The molecule has 0 spiro atoms. The van der Waals surface area contributed by atoms with Crippen molar-refractivity contribution in [1.82, 2.24) is 0 Å². The molecule has 1 fully saturated rings. The Labute approximate surface area is 108 Å². The molecular formula is C13H19NO3S. The SMILES string of the molecule is CC1CN(c2ccc(S(C)(=O)=O)cc2)CCC1O. The number of sulfone groups is 1. The first-order valence-corrected chi connectivity index (χ1v) is 8.00. The lowest BCUT2D eigenvalue weighted by atomic mass is 9.96. The zero-order chi connectivity index (χ0) is 13.3. The van der Waals surface area contributed by atoms with Gasteiger partial charge < -0.3 is 10.0 Å². The van der Waals surface area contributed by atoms with Gasteiger partial charge in [-0.15, -0.1) is 0 Å². The summed E-state index contributed by atoms with van der Waals surface area (Å²) in [7, 11) is -3.13. The standard InChI is InChI=1S/C13H19NO3S/c1-10-9-14(8-7-13(10)15)11-3-5-12(6-4-11)18(2,16)17/h3-6,10,13,15H,7-9H2,1-2H3. The van der Waals surface area contributed by atoms with Crippen LogP contribution in [-0.4, -0.2) is 39.0 Å². The Morgan fingerprint density at radius 3 is 2.39 bits per heavy atom. The van der Waals surface area contributed by atoms with Crippen molar-refractivity contribution in [2.45, 2.75) is 24.3 Å². The summed E-state index contributed by atoms with van der Waals surface area (Å²) in [5.74, 6) is 0.244. The van der Waals surface area contributed by atoms with Gasteiger partial charge in [-0.1, -0.05) is 6.92 Å². The highest BCUT2D eigenvalue weighted by molar-refractivity contribution is 7.90. The van der Waals surface area contributed by atoms with Crippen LogP contribution >= 0.6 is 0 Å². The number of aliphatic hydroxyl groups is 1. The van der Waals surface area contributed by atoms with E-state index in [4.69, 9.17) is 0 Å². The lowest BCUT2D eigenvalue weighted by molar-refractivity contribution is 0.0971. The van der Waals surface area contributed by atoms with E-state index in [1.54, 1.807) is 12.1 Å².